The van der Waals surface area contributed by atoms with E-state index in [1.165, 1.54) is 24.3 Å². The number of ether oxygens (including phenoxy) is 1. The summed E-state index contributed by atoms with van der Waals surface area (Å²) in [6.07, 6.45) is 0. The lowest BCUT2D eigenvalue weighted by atomic mass is 10.1. The molecule has 3 rings (SSSR count). The zero-order chi connectivity index (χ0) is 19.2. The molecule has 0 saturated carbocycles. The van der Waals surface area contributed by atoms with Gasteiger partial charge in [-0.2, -0.15) is 5.26 Å². The molecule has 1 saturated heterocycles. The minimum atomic E-state index is -0.508. The fourth-order valence-corrected chi connectivity index (χ4v) is 3.03. The summed E-state index contributed by atoms with van der Waals surface area (Å²) >= 11 is 0. The molecular weight excluding hydrogens is 352 g/mol. The molecule has 0 aliphatic carbocycles. The second kappa shape index (κ2) is 8.60. The van der Waals surface area contributed by atoms with Gasteiger partial charge in [-0.25, -0.2) is 8.78 Å². The second-order valence-corrected chi connectivity index (χ2v) is 6.22. The van der Waals surface area contributed by atoms with E-state index >= 15 is 0 Å². The molecule has 0 unspecified atom stereocenters. The van der Waals surface area contributed by atoms with Crippen LogP contribution in [0.2, 0.25) is 0 Å². The lowest BCUT2D eigenvalue weighted by molar-refractivity contribution is -0.135. The van der Waals surface area contributed by atoms with E-state index in [2.05, 4.69) is 6.07 Å². The molecule has 7 heteroatoms. The molecule has 1 amide bonds. The number of hydrogen-bond acceptors (Lipinski definition) is 4. The van der Waals surface area contributed by atoms with Gasteiger partial charge in [-0.1, -0.05) is 24.3 Å². The van der Waals surface area contributed by atoms with E-state index < -0.39 is 11.9 Å². The normalized spacial score (nSPS) is 15.8. The number of rotatable bonds is 5. The van der Waals surface area contributed by atoms with E-state index in [0.717, 1.165) is 5.56 Å². The highest BCUT2D eigenvalue weighted by Gasteiger charge is 2.27. The maximum Gasteiger partial charge on any atom is 0.260 e. The van der Waals surface area contributed by atoms with Gasteiger partial charge in [0.25, 0.3) is 5.91 Å². The fourth-order valence-electron chi connectivity index (χ4n) is 3.03. The average Bonchev–Trinajstić information content (AvgIpc) is 2.69. The van der Waals surface area contributed by atoms with Crippen molar-refractivity contribution >= 4 is 5.91 Å². The number of nitrogens with zero attached hydrogens (tertiary/aromatic N) is 3. The van der Waals surface area contributed by atoms with Gasteiger partial charge in [0.2, 0.25) is 0 Å². The van der Waals surface area contributed by atoms with Crippen molar-refractivity contribution in [2.45, 2.75) is 6.04 Å². The summed E-state index contributed by atoms with van der Waals surface area (Å²) in [6.45, 7) is 1.68. The molecule has 1 aliphatic rings. The van der Waals surface area contributed by atoms with Crippen molar-refractivity contribution in [1.82, 2.24) is 9.80 Å². The van der Waals surface area contributed by atoms with Crippen LogP contribution in [0.1, 0.15) is 11.6 Å². The van der Waals surface area contributed by atoms with E-state index in [-0.39, 0.29) is 24.1 Å². The third kappa shape index (κ3) is 4.60. The van der Waals surface area contributed by atoms with Gasteiger partial charge in [-0.05, 0) is 29.8 Å². The lowest BCUT2D eigenvalue weighted by Crippen LogP contribution is -2.50. The van der Waals surface area contributed by atoms with Gasteiger partial charge in [-0.3, -0.25) is 9.69 Å². The largest absolute Gasteiger partial charge is 0.481 e. The molecule has 1 aliphatic heterocycles. The Labute approximate surface area is 156 Å². The molecule has 2 aromatic rings. The van der Waals surface area contributed by atoms with E-state index in [0.29, 0.717) is 26.2 Å². The maximum absolute atomic E-state index is 13.5. The summed E-state index contributed by atoms with van der Waals surface area (Å²) in [5.41, 5.74) is 0.724. The van der Waals surface area contributed by atoms with Crippen LogP contribution in [-0.2, 0) is 4.79 Å². The van der Waals surface area contributed by atoms with Crippen LogP contribution >= 0.6 is 0 Å². The highest BCUT2D eigenvalue weighted by atomic mass is 19.1. The number of carbonyl (C=O) groups is 1. The highest BCUT2D eigenvalue weighted by molar-refractivity contribution is 5.77. The zero-order valence-corrected chi connectivity index (χ0v) is 14.6. The Morgan fingerprint density at radius 1 is 1.07 bits per heavy atom. The van der Waals surface area contributed by atoms with Crippen LogP contribution in [0.25, 0.3) is 0 Å². The van der Waals surface area contributed by atoms with Crippen molar-refractivity contribution < 1.29 is 18.3 Å². The molecule has 27 heavy (non-hydrogen) atoms. The van der Waals surface area contributed by atoms with Crippen LogP contribution in [-0.4, -0.2) is 48.5 Å². The highest BCUT2D eigenvalue weighted by Crippen LogP contribution is 2.22. The minimum Gasteiger partial charge on any atom is -0.481 e. The Balaban J connectivity index is 1.53. The molecule has 0 N–H and O–H groups in total. The van der Waals surface area contributed by atoms with Crippen molar-refractivity contribution in [3.05, 3.63) is 65.7 Å². The number of halogens is 2. The molecule has 2 aromatic carbocycles. The van der Waals surface area contributed by atoms with Crippen molar-refractivity contribution in [3.8, 4) is 11.8 Å². The maximum atomic E-state index is 13.5. The SMILES string of the molecule is N#C[C@@H](c1ccc(F)cc1)N1CCN(C(=O)COc2ccccc2F)CC1. The molecular formula is C20H19F2N3O2. The molecule has 140 valence electrons. The van der Waals surface area contributed by atoms with Gasteiger partial charge in [0, 0.05) is 26.2 Å². The van der Waals surface area contributed by atoms with Gasteiger partial charge in [0.15, 0.2) is 18.2 Å². The zero-order valence-electron chi connectivity index (χ0n) is 14.6. The first-order valence-corrected chi connectivity index (χ1v) is 8.62. The number of benzene rings is 2. The number of para-hydroxylation sites is 1. The van der Waals surface area contributed by atoms with Crippen LogP contribution in [0.15, 0.2) is 48.5 Å². The predicted molar refractivity (Wildman–Crippen MR) is 94.8 cm³/mol. The molecule has 1 fully saturated rings. The quantitative estimate of drug-likeness (QED) is 0.811. The summed E-state index contributed by atoms with van der Waals surface area (Å²) in [7, 11) is 0. The van der Waals surface area contributed by atoms with Crippen molar-refractivity contribution in [1.29, 1.82) is 5.26 Å². The van der Waals surface area contributed by atoms with Crippen LogP contribution in [0.4, 0.5) is 8.78 Å². The van der Waals surface area contributed by atoms with Crippen molar-refractivity contribution in [3.63, 3.8) is 0 Å². The Morgan fingerprint density at radius 2 is 1.74 bits per heavy atom. The molecule has 0 aromatic heterocycles. The standard InChI is InChI=1S/C20H19F2N3O2/c21-16-7-5-15(6-8-16)18(13-23)24-9-11-25(12-10-24)20(26)14-27-19-4-2-1-3-17(19)22/h1-8,18H,9-12,14H2/t18-/m0/s1. The predicted octanol–water partition coefficient (Wildman–Crippen LogP) is 2.75. The monoisotopic (exact) mass is 371 g/mol. The van der Waals surface area contributed by atoms with Gasteiger partial charge in [-0.15, -0.1) is 0 Å². The number of carbonyl (C=O) groups excluding carboxylic acids is 1. The van der Waals surface area contributed by atoms with E-state index in [1.807, 2.05) is 4.90 Å². The summed E-state index contributed by atoms with van der Waals surface area (Å²) in [4.78, 5) is 15.9. The van der Waals surface area contributed by atoms with E-state index in [9.17, 15) is 18.8 Å². The number of amides is 1. The molecule has 0 bridgehead atoms. The van der Waals surface area contributed by atoms with Crippen molar-refractivity contribution in [2.24, 2.45) is 0 Å². The molecule has 0 radical (unpaired) electrons. The molecule has 1 atom stereocenters. The Morgan fingerprint density at radius 3 is 2.37 bits per heavy atom. The molecule has 1 heterocycles. The summed E-state index contributed by atoms with van der Waals surface area (Å²) in [5, 5.41) is 9.49. The van der Waals surface area contributed by atoms with E-state index in [1.54, 1.807) is 29.2 Å². The first-order valence-electron chi connectivity index (χ1n) is 8.62. The third-order valence-corrected chi connectivity index (χ3v) is 4.53. The van der Waals surface area contributed by atoms with Crippen LogP contribution in [0, 0.1) is 23.0 Å². The van der Waals surface area contributed by atoms with Crippen LogP contribution < -0.4 is 4.74 Å². The van der Waals surface area contributed by atoms with Gasteiger partial charge in [0.05, 0.1) is 6.07 Å². The topological polar surface area (TPSA) is 56.6 Å². The summed E-state index contributed by atoms with van der Waals surface area (Å²) in [5.74, 6) is -1.04. The molecule has 5 nitrogen and oxygen atoms in total. The smallest absolute Gasteiger partial charge is 0.260 e. The second-order valence-electron chi connectivity index (χ2n) is 6.22. The van der Waals surface area contributed by atoms with Crippen LogP contribution in [0.5, 0.6) is 5.75 Å². The first kappa shape index (κ1) is 18.8. The lowest BCUT2D eigenvalue weighted by Gasteiger charge is -2.37. The summed E-state index contributed by atoms with van der Waals surface area (Å²) in [6, 6.07) is 13.6. The van der Waals surface area contributed by atoms with Crippen molar-refractivity contribution in [2.75, 3.05) is 32.8 Å². The Bertz CT molecular complexity index is 828. The molecule has 0 spiro atoms. The number of hydrogen-bond donors (Lipinski definition) is 0. The van der Waals surface area contributed by atoms with Gasteiger partial charge in [0.1, 0.15) is 11.9 Å². The Kier molecular flexibility index (Phi) is 5.99. The number of piperazine rings is 1. The first-order chi connectivity index (χ1) is 13.1. The van der Waals surface area contributed by atoms with Gasteiger partial charge < -0.3 is 9.64 Å². The van der Waals surface area contributed by atoms with Crippen LogP contribution in [0.3, 0.4) is 0 Å². The summed E-state index contributed by atoms with van der Waals surface area (Å²) < 4.78 is 31.9. The fraction of sp³-hybridized carbons (Fsp3) is 0.300. The van der Waals surface area contributed by atoms with E-state index in [4.69, 9.17) is 4.74 Å². The van der Waals surface area contributed by atoms with Gasteiger partial charge >= 0.3 is 0 Å². The average molecular weight is 371 g/mol. The minimum absolute atomic E-state index is 0.0466. The number of nitriles is 1. The third-order valence-electron chi connectivity index (χ3n) is 4.53. The Hall–Kier alpha value is -2.98.